The molecule has 3 aromatic carbocycles. The number of rotatable bonds is 4. The SMILES string of the molecule is CCc1cccc(-c2cccc(Oc3ccccc3)c2)c1. The summed E-state index contributed by atoms with van der Waals surface area (Å²) < 4.78 is 5.90. The summed E-state index contributed by atoms with van der Waals surface area (Å²) in [6.45, 7) is 2.17. The maximum absolute atomic E-state index is 5.90. The first kappa shape index (κ1) is 13.4. The lowest BCUT2D eigenvalue weighted by Gasteiger charge is -2.08. The van der Waals surface area contributed by atoms with Crippen molar-refractivity contribution in [3.05, 3.63) is 84.4 Å². The summed E-state index contributed by atoms with van der Waals surface area (Å²) in [6, 6.07) is 26.7. The van der Waals surface area contributed by atoms with Crippen molar-refractivity contribution in [2.24, 2.45) is 0 Å². The zero-order chi connectivity index (χ0) is 14.5. The summed E-state index contributed by atoms with van der Waals surface area (Å²) in [5.74, 6) is 1.72. The molecule has 0 spiro atoms. The molecular weight excluding hydrogens is 256 g/mol. The van der Waals surface area contributed by atoms with Gasteiger partial charge in [-0.1, -0.05) is 61.5 Å². The van der Waals surface area contributed by atoms with Crippen LogP contribution in [0.2, 0.25) is 0 Å². The Bertz CT molecular complexity index is 717. The van der Waals surface area contributed by atoms with Gasteiger partial charge in [-0.2, -0.15) is 0 Å². The third-order valence-electron chi connectivity index (χ3n) is 3.48. The third kappa shape index (κ3) is 3.32. The molecule has 0 aromatic heterocycles. The molecule has 21 heavy (non-hydrogen) atoms. The van der Waals surface area contributed by atoms with Gasteiger partial charge in [0.1, 0.15) is 11.5 Å². The molecule has 3 rings (SSSR count). The second-order valence-electron chi connectivity index (χ2n) is 5.00. The van der Waals surface area contributed by atoms with E-state index in [1.54, 1.807) is 0 Å². The van der Waals surface area contributed by atoms with Gasteiger partial charge in [-0.25, -0.2) is 0 Å². The minimum atomic E-state index is 0.858. The molecule has 0 aliphatic rings. The van der Waals surface area contributed by atoms with Gasteiger partial charge in [0.25, 0.3) is 0 Å². The van der Waals surface area contributed by atoms with Gasteiger partial charge in [-0.3, -0.25) is 0 Å². The predicted molar refractivity (Wildman–Crippen MR) is 87.8 cm³/mol. The molecule has 0 fully saturated rings. The van der Waals surface area contributed by atoms with Crippen LogP contribution < -0.4 is 4.74 Å². The summed E-state index contributed by atoms with van der Waals surface area (Å²) in [5, 5.41) is 0. The molecule has 0 bridgehead atoms. The van der Waals surface area contributed by atoms with Gasteiger partial charge >= 0.3 is 0 Å². The summed E-state index contributed by atoms with van der Waals surface area (Å²) in [4.78, 5) is 0. The zero-order valence-corrected chi connectivity index (χ0v) is 12.1. The molecule has 0 heterocycles. The summed E-state index contributed by atoms with van der Waals surface area (Å²) >= 11 is 0. The standard InChI is InChI=1S/C20H18O/c1-2-16-8-6-9-17(14-16)18-10-7-13-20(15-18)21-19-11-4-3-5-12-19/h3-15H,2H2,1H3. The summed E-state index contributed by atoms with van der Waals surface area (Å²) in [5.41, 5.74) is 3.76. The van der Waals surface area contributed by atoms with Crippen LogP contribution >= 0.6 is 0 Å². The van der Waals surface area contributed by atoms with E-state index in [9.17, 15) is 0 Å². The second kappa shape index (κ2) is 6.27. The van der Waals surface area contributed by atoms with Gasteiger partial charge in [0.15, 0.2) is 0 Å². The van der Waals surface area contributed by atoms with Gasteiger partial charge in [-0.05, 0) is 47.4 Å². The average molecular weight is 274 g/mol. The van der Waals surface area contributed by atoms with Gasteiger partial charge < -0.3 is 4.74 Å². The molecule has 0 unspecified atom stereocenters. The van der Waals surface area contributed by atoms with E-state index in [0.717, 1.165) is 17.9 Å². The first-order valence-electron chi connectivity index (χ1n) is 7.27. The zero-order valence-electron chi connectivity index (χ0n) is 12.1. The monoisotopic (exact) mass is 274 g/mol. The van der Waals surface area contributed by atoms with E-state index in [2.05, 4.69) is 43.3 Å². The van der Waals surface area contributed by atoms with Crippen molar-refractivity contribution in [1.82, 2.24) is 0 Å². The Morgan fingerprint density at radius 1 is 0.667 bits per heavy atom. The van der Waals surface area contributed by atoms with Crippen LogP contribution in [0.5, 0.6) is 11.5 Å². The predicted octanol–water partition coefficient (Wildman–Crippen LogP) is 5.71. The average Bonchev–Trinajstić information content (AvgIpc) is 2.56. The molecule has 0 saturated carbocycles. The maximum Gasteiger partial charge on any atom is 0.128 e. The van der Waals surface area contributed by atoms with Crippen LogP contribution in [0, 0.1) is 0 Å². The number of para-hydroxylation sites is 1. The van der Waals surface area contributed by atoms with Crippen LogP contribution in [0.25, 0.3) is 11.1 Å². The number of aryl methyl sites for hydroxylation is 1. The van der Waals surface area contributed by atoms with E-state index in [0.29, 0.717) is 0 Å². The Hall–Kier alpha value is -2.54. The van der Waals surface area contributed by atoms with Gasteiger partial charge in [0.05, 0.1) is 0 Å². The van der Waals surface area contributed by atoms with Crippen molar-refractivity contribution >= 4 is 0 Å². The maximum atomic E-state index is 5.90. The van der Waals surface area contributed by atoms with Crippen molar-refractivity contribution in [3.63, 3.8) is 0 Å². The molecule has 0 radical (unpaired) electrons. The Balaban J connectivity index is 1.89. The molecular formula is C20H18O. The van der Waals surface area contributed by atoms with Crippen molar-refractivity contribution in [2.45, 2.75) is 13.3 Å². The minimum absolute atomic E-state index is 0.858. The highest BCUT2D eigenvalue weighted by Gasteiger charge is 2.02. The minimum Gasteiger partial charge on any atom is -0.457 e. The van der Waals surface area contributed by atoms with Crippen LogP contribution in [0.4, 0.5) is 0 Å². The molecule has 0 aliphatic heterocycles. The van der Waals surface area contributed by atoms with E-state index < -0.39 is 0 Å². The van der Waals surface area contributed by atoms with Gasteiger partial charge in [-0.15, -0.1) is 0 Å². The largest absolute Gasteiger partial charge is 0.457 e. The highest BCUT2D eigenvalue weighted by Crippen LogP contribution is 2.27. The summed E-state index contributed by atoms with van der Waals surface area (Å²) in [7, 11) is 0. The first-order chi connectivity index (χ1) is 10.3. The van der Waals surface area contributed by atoms with Crippen molar-refractivity contribution in [2.75, 3.05) is 0 Å². The lowest BCUT2D eigenvalue weighted by atomic mass is 10.0. The highest BCUT2D eigenvalue weighted by atomic mass is 16.5. The molecule has 0 amide bonds. The molecule has 104 valence electrons. The fraction of sp³-hybridized carbons (Fsp3) is 0.100. The molecule has 0 atom stereocenters. The Morgan fingerprint density at radius 3 is 2.10 bits per heavy atom. The molecule has 1 heteroatoms. The van der Waals surface area contributed by atoms with E-state index in [-0.39, 0.29) is 0 Å². The Kier molecular flexibility index (Phi) is 4.02. The lowest BCUT2D eigenvalue weighted by Crippen LogP contribution is -1.86. The number of hydrogen-bond donors (Lipinski definition) is 0. The molecule has 1 nitrogen and oxygen atoms in total. The lowest BCUT2D eigenvalue weighted by molar-refractivity contribution is 0.483. The number of benzene rings is 3. The fourth-order valence-electron chi connectivity index (χ4n) is 2.33. The van der Waals surface area contributed by atoms with E-state index >= 15 is 0 Å². The van der Waals surface area contributed by atoms with E-state index in [1.165, 1.54) is 16.7 Å². The number of hydrogen-bond acceptors (Lipinski definition) is 1. The normalized spacial score (nSPS) is 10.3. The highest BCUT2D eigenvalue weighted by molar-refractivity contribution is 5.66. The fourth-order valence-corrected chi connectivity index (χ4v) is 2.33. The topological polar surface area (TPSA) is 9.23 Å². The first-order valence-corrected chi connectivity index (χ1v) is 7.27. The van der Waals surface area contributed by atoms with Crippen LogP contribution in [0.3, 0.4) is 0 Å². The Morgan fingerprint density at radius 2 is 1.33 bits per heavy atom. The van der Waals surface area contributed by atoms with Crippen molar-refractivity contribution < 1.29 is 4.74 Å². The Labute approximate surface area is 125 Å². The second-order valence-corrected chi connectivity index (χ2v) is 5.00. The van der Waals surface area contributed by atoms with E-state index in [4.69, 9.17) is 4.74 Å². The molecule has 3 aromatic rings. The van der Waals surface area contributed by atoms with Crippen LogP contribution in [0.15, 0.2) is 78.9 Å². The quantitative estimate of drug-likeness (QED) is 0.592. The smallest absolute Gasteiger partial charge is 0.128 e. The van der Waals surface area contributed by atoms with Crippen molar-refractivity contribution in [1.29, 1.82) is 0 Å². The van der Waals surface area contributed by atoms with Crippen LogP contribution in [0.1, 0.15) is 12.5 Å². The molecule has 0 aliphatic carbocycles. The third-order valence-corrected chi connectivity index (χ3v) is 3.48. The van der Waals surface area contributed by atoms with Crippen LogP contribution in [-0.4, -0.2) is 0 Å². The molecule has 0 saturated heterocycles. The van der Waals surface area contributed by atoms with Gasteiger partial charge in [0, 0.05) is 0 Å². The van der Waals surface area contributed by atoms with Crippen molar-refractivity contribution in [3.8, 4) is 22.6 Å². The molecule has 0 N–H and O–H groups in total. The number of ether oxygens (including phenoxy) is 1. The van der Waals surface area contributed by atoms with Gasteiger partial charge in [0.2, 0.25) is 0 Å². The van der Waals surface area contributed by atoms with Crippen LogP contribution in [-0.2, 0) is 6.42 Å². The summed E-state index contributed by atoms with van der Waals surface area (Å²) in [6.07, 6.45) is 1.05. The van der Waals surface area contributed by atoms with E-state index in [1.807, 2.05) is 42.5 Å².